The summed E-state index contributed by atoms with van der Waals surface area (Å²) in [6.45, 7) is 0. The predicted octanol–water partition coefficient (Wildman–Crippen LogP) is 5.39. The second-order valence-electron chi connectivity index (χ2n) is 5.25. The zero-order valence-corrected chi connectivity index (χ0v) is 14.2. The largest absolute Gasteiger partial charge is 0.340 e. The molecule has 2 heterocycles. The normalized spacial score (nSPS) is 13.5. The van der Waals surface area contributed by atoms with Gasteiger partial charge in [-0.3, -0.25) is 0 Å². The quantitative estimate of drug-likeness (QED) is 0.672. The number of halogens is 2. The number of benzene rings is 1. The number of fused-ring (bicyclic) bond motifs is 3. The molecule has 0 saturated carbocycles. The van der Waals surface area contributed by atoms with Crippen LogP contribution in [0.15, 0.2) is 30.6 Å². The molecule has 0 atom stereocenters. The first kappa shape index (κ1) is 15.5. The fourth-order valence-corrected chi connectivity index (χ4v) is 4.21. The van der Waals surface area contributed by atoms with Gasteiger partial charge in [0.15, 0.2) is 0 Å². The third kappa shape index (κ3) is 2.78. The van der Waals surface area contributed by atoms with E-state index in [1.807, 2.05) is 35.6 Å². The van der Waals surface area contributed by atoms with E-state index in [0.717, 1.165) is 27.8 Å². The van der Waals surface area contributed by atoms with E-state index in [2.05, 4.69) is 15.3 Å². The molecular formula is C16H15Cl2N3S. The Kier molecular flexibility index (Phi) is 4.52. The molecule has 4 rings (SSSR count). The molecule has 0 radical (unpaired) electrons. The molecule has 6 heteroatoms. The molecule has 114 valence electrons. The Morgan fingerprint density at radius 3 is 2.64 bits per heavy atom. The maximum absolute atomic E-state index is 5.94. The molecule has 3 nitrogen and oxygen atoms in total. The number of aryl methyl sites for hydroxylation is 2. The van der Waals surface area contributed by atoms with Gasteiger partial charge in [0, 0.05) is 15.6 Å². The Morgan fingerprint density at radius 2 is 1.82 bits per heavy atom. The summed E-state index contributed by atoms with van der Waals surface area (Å²) in [4.78, 5) is 11.5. The van der Waals surface area contributed by atoms with Crippen molar-refractivity contribution >= 4 is 57.1 Å². The third-order valence-corrected chi connectivity index (χ3v) is 5.31. The minimum absolute atomic E-state index is 0. The fraction of sp³-hybridized carbons (Fsp3) is 0.250. The van der Waals surface area contributed by atoms with Gasteiger partial charge in [-0.05, 0) is 55.5 Å². The summed E-state index contributed by atoms with van der Waals surface area (Å²) in [5.41, 5.74) is 2.44. The smallest absolute Gasteiger partial charge is 0.142 e. The van der Waals surface area contributed by atoms with E-state index < -0.39 is 0 Å². The van der Waals surface area contributed by atoms with Crippen LogP contribution in [0.25, 0.3) is 10.2 Å². The minimum atomic E-state index is 0. The molecule has 22 heavy (non-hydrogen) atoms. The van der Waals surface area contributed by atoms with Crippen molar-refractivity contribution in [3.05, 3.63) is 46.1 Å². The number of hydrogen-bond acceptors (Lipinski definition) is 4. The van der Waals surface area contributed by atoms with Crippen molar-refractivity contribution in [1.29, 1.82) is 0 Å². The van der Waals surface area contributed by atoms with Gasteiger partial charge in [0.25, 0.3) is 0 Å². The lowest BCUT2D eigenvalue weighted by molar-refractivity contribution is 0.700. The first-order chi connectivity index (χ1) is 10.3. The van der Waals surface area contributed by atoms with Crippen molar-refractivity contribution in [2.45, 2.75) is 25.7 Å². The van der Waals surface area contributed by atoms with Crippen molar-refractivity contribution in [3.63, 3.8) is 0 Å². The highest BCUT2D eigenvalue weighted by Gasteiger charge is 2.19. The van der Waals surface area contributed by atoms with Crippen molar-refractivity contribution < 1.29 is 0 Å². The van der Waals surface area contributed by atoms with Gasteiger partial charge >= 0.3 is 0 Å². The standard InChI is InChI=1S/C16H14ClN3S.ClH/c17-10-5-7-11(8-6-10)20-15-14-12-3-1-2-4-13(12)21-16(14)19-9-18-15;/h5-9H,1-4H2,(H,18,19,20);1H. The molecule has 0 unspecified atom stereocenters. The zero-order valence-electron chi connectivity index (χ0n) is 11.8. The van der Waals surface area contributed by atoms with Crippen LogP contribution in [0.3, 0.4) is 0 Å². The molecule has 3 aromatic rings. The van der Waals surface area contributed by atoms with Crippen molar-refractivity contribution in [2.75, 3.05) is 5.32 Å². The molecule has 0 amide bonds. The number of rotatable bonds is 2. The number of hydrogen-bond donors (Lipinski definition) is 1. The van der Waals surface area contributed by atoms with Crippen LogP contribution in [0.4, 0.5) is 11.5 Å². The SMILES string of the molecule is Cl.Clc1ccc(Nc2ncnc3sc4c(c23)CCCC4)cc1. The average Bonchev–Trinajstić information content (AvgIpc) is 2.89. The van der Waals surface area contributed by atoms with Gasteiger partial charge in [0.05, 0.1) is 5.39 Å². The van der Waals surface area contributed by atoms with Crippen LogP contribution in [-0.2, 0) is 12.8 Å². The number of anilines is 2. The van der Waals surface area contributed by atoms with Gasteiger partial charge in [-0.1, -0.05) is 11.6 Å². The van der Waals surface area contributed by atoms with Crippen molar-refractivity contribution in [1.82, 2.24) is 9.97 Å². The third-order valence-electron chi connectivity index (χ3n) is 3.86. The topological polar surface area (TPSA) is 37.8 Å². The van der Waals surface area contributed by atoms with Crippen LogP contribution in [0.2, 0.25) is 5.02 Å². The molecule has 0 bridgehead atoms. The zero-order chi connectivity index (χ0) is 14.2. The summed E-state index contributed by atoms with van der Waals surface area (Å²) >= 11 is 7.75. The van der Waals surface area contributed by atoms with E-state index in [4.69, 9.17) is 11.6 Å². The fourth-order valence-electron chi connectivity index (χ4n) is 2.85. The van der Waals surface area contributed by atoms with E-state index >= 15 is 0 Å². The maximum atomic E-state index is 5.94. The number of nitrogens with one attached hydrogen (secondary N) is 1. The molecular weight excluding hydrogens is 337 g/mol. The lowest BCUT2D eigenvalue weighted by Gasteiger charge is -2.12. The predicted molar refractivity (Wildman–Crippen MR) is 96.0 cm³/mol. The summed E-state index contributed by atoms with van der Waals surface area (Å²) in [5, 5.41) is 5.35. The second kappa shape index (κ2) is 6.41. The van der Waals surface area contributed by atoms with Crippen LogP contribution in [0.5, 0.6) is 0 Å². The maximum Gasteiger partial charge on any atom is 0.142 e. The Labute approximate surface area is 144 Å². The van der Waals surface area contributed by atoms with Gasteiger partial charge in [-0.15, -0.1) is 23.7 Å². The minimum Gasteiger partial charge on any atom is -0.340 e. The molecule has 1 aliphatic rings. The Bertz CT molecular complexity index is 799. The highest BCUT2D eigenvalue weighted by Crippen LogP contribution is 2.38. The molecule has 1 aliphatic carbocycles. The van der Waals surface area contributed by atoms with Gasteiger partial charge < -0.3 is 5.32 Å². The molecule has 2 aromatic heterocycles. The van der Waals surface area contributed by atoms with Gasteiger partial charge in [0.2, 0.25) is 0 Å². The summed E-state index contributed by atoms with van der Waals surface area (Å²) in [5.74, 6) is 0.904. The molecule has 1 aromatic carbocycles. The summed E-state index contributed by atoms with van der Waals surface area (Å²) < 4.78 is 0. The number of aromatic nitrogens is 2. The monoisotopic (exact) mass is 351 g/mol. The number of thiophene rings is 1. The van der Waals surface area contributed by atoms with E-state index in [0.29, 0.717) is 0 Å². The van der Waals surface area contributed by atoms with E-state index in [1.54, 1.807) is 6.33 Å². The van der Waals surface area contributed by atoms with Gasteiger partial charge in [-0.25, -0.2) is 9.97 Å². The summed E-state index contributed by atoms with van der Waals surface area (Å²) in [6, 6.07) is 7.70. The molecule has 0 fully saturated rings. The summed E-state index contributed by atoms with van der Waals surface area (Å²) in [6.07, 6.45) is 6.50. The van der Waals surface area contributed by atoms with Crippen molar-refractivity contribution in [2.24, 2.45) is 0 Å². The lowest BCUT2D eigenvalue weighted by atomic mass is 9.97. The molecule has 0 spiro atoms. The Hall–Kier alpha value is -1.36. The van der Waals surface area contributed by atoms with E-state index in [1.165, 1.54) is 35.1 Å². The lowest BCUT2D eigenvalue weighted by Crippen LogP contribution is -2.00. The van der Waals surface area contributed by atoms with Crippen LogP contribution >= 0.6 is 35.3 Å². The second-order valence-corrected chi connectivity index (χ2v) is 6.77. The molecule has 0 aliphatic heterocycles. The average molecular weight is 352 g/mol. The van der Waals surface area contributed by atoms with E-state index in [9.17, 15) is 0 Å². The van der Waals surface area contributed by atoms with Gasteiger partial charge in [0.1, 0.15) is 17.0 Å². The highest BCUT2D eigenvalue weighted by atomic mass is 35.5. The Balaban J connectivity index is 0.00000144. The number of nitrogens with zero attached hydrogens (tertiary/aromatic N) is 2. The highest BCUT2D eigenvalue weighted by molar-refractivity contribution is 7.19. The molecule has 1 N–H and O–H groups in total. The van der Waals surface area contributed by atoms with E-state index in [-0.39, 0.29) is 12.4 Å². The van der Waals surface area contributed by atoms with Crippen LogP contribution in [-0.4, -0.2) is 9.97 Å². The molecule has 0 saturated heterocycles. The first-order valence-electron chi connectivity index (χ1n) is 7.09. The summed E-state index contributed by atoms with van der Waals surface area (Å²) in [7, 11) is 0. The van der Waals surface area contributed by atoms with Crippen LogP contribution in [0.1, 0.15) is 23.3 Å². The van der Waals surface area contributed by atoms with Gasteiger partial charge in [-0.2, -0.15) is 0 Å². The van der Waals surface area contributed by atoms with Crippen molar-refractivity contribution in [3.8, 4) is 0 Å². The van der Waals surface area contributed by atoms with Crippen LogP contribution < -0.4 is 5.32 Å². The Morgan fingerprint density at radius 1 is 1.05 bits per heavy atom. The first-order valence-corrected chi connectivity index (χ1v) is 8.28. The van der Waals surface area contributed by atoms with Crippen LogP contribution in [0, 0.1) is 0 Å².